The van der Waals surface area contributed by atoms with E-state index in [0.717, 1.165) is 22.4 Å². The van der Waals surface area contributed by atoms with Crippen LogP contribution in [0.3, 0.4) is 0 Å². The minimum Gasteiger partial charge on any atom is -0.322 e. The van der Waals surface area contributed by atoms with E-state index in [1.165, 1.54) is 5.56 Å². The quantitative estimate of drug-likeness (QED) is 0.629. The van der Waals surface area contributed by atoms with Gasteiger partial charge in [0.2, 0.25) is 0 Å². The van der Waals surface area contributed by atoms with Crippen molar-refractivity contribution < 1.29 is 0 Å². The van der Waals surface area contributed by atoms with Gasteiger partial charge < -0.3 is 4.57 Å². The normalized spacial score (nSPS) is 11.3. The number of nitrogens with zero attached hydrogens (tertiary/aromatic N) is 4. The van der Waals surface area contributed by atoms with Crippen molar-refractivity contribution >= 4 is 23.4 Å². The maximum atomic E-state index is 6.03. The molecule has 0 N–H and O–H groups in total. The van der Waals surface area contributed by atoms with Gasteiger partial charge in [-0.15, -0.1) is 0 Å². The number of hydrogen-bond acceptors (Lipinski definition) is 3. The molecular formula is C17H19ClN4S. The number of imidazole rings is 2. The highest BCUT2D eigenvalue weighted by atomic mass is 35.5. The van der Waals surface area contributed by atoms with Gasteiger partial charge in [-0.1, -0.05) is 49.3 Å². The largest absolute Gasteiger partial charge is 0.322 e. The molecule has 0 radical (unpaired) electrons. The van der Waals surface area contributed by atoms with E-state index < -0.39 is 0 Å². The Balaban J connectivity index is 1.78. The Hall–Kier alpha value is -1.72. The van der Waals surface area contributed by atoms with E-state index in [-0.39, 0.29) is 0 Å². The number of benzene rings is 1. The second kappa shape index (κ2) is 6.81. The molecule has 0 saturated carbocycles. The van der Waals surface area contributed by atoms with Crippen molar-refractivity contribution in [3.63, 3.8) is 0 Å². The van der Waals surface area contributed by atoms with Gasteiger partial charge in [0.1, 0.15) is 11.0 Å². The molecule has 0 atom stereocenters. The molecule has 0 aliphatic carbocycles. The maximum absolute atomic E-state index is 6.03. The molecule has 0 fully saturated rings. The standard InChI is InChI=1S/C17H19ClN4S/c1-12(2)13-4-6-14(7-5-13)22-9-8-19-17(22)23-11-16-20-10-15(18)21(16)3/h4-10,12H,11H2,1-3H3. The number of hydrogen-bond donors (Lipinski definition) is 0. The molecule has 3 rings (SSSR count). The van der Waals surface area contributed by atoms with Gasteiger partial charge in [-0.3, -0.25) is 4.57 Å². The van der Waals surface area contributed by atoms with Crippen molar-refractivity contribution in [1.29, 1.82) is 0 Å². The van der Waals surface area contributed by atoms with Crippen molar-refractivity contribution in [1.82, 2.24) is 19.1 Å². The van der Waals surface area contributed by atoms with Crippen LogP contribution in [0, 0.1) is 0 Å². The zero-order valence-corrected chi connectivity index (χ0v) is 15.0. The summed E-state index contributed by atoms with van der Waals surface area (Å²) in [6.45, 7) is 4.40. The molecule has 0 unspecified atom stereocenters. The summed E-state index contributed by atoms with van der Waals surface area (Å²) in [7, 11) is 1.92. The van der Waals surface area contributed by atoms with Crippen molar-refractivity contribution in [2.45, 2.75) is 30.7 Å². The lowest BCUT2D eigenvalue weighted by Gasteiger charge is -2.10. The minimum atomic E-state index is 0.536. The third-order valence-corrected chi connectivity index (χ3v) is 5.12. The molecule has 2 heterocycles. The first-order chi connectivity index (χ1) is 11.1. The van der Waals surface area contributed by atoms with E-state index in [9.17, 15) is 0 Å². The Morgan fingerprint density at radius 2 is 1.91 bits per heavy atom. The monoisotopic (exact) mass is 346 g/mol. The fourth-order valence-corrected chi connectivity index (χ4v) is 3.41. The Bertz CT molecular complexity index is 789. The average molecular weight is 347 g/mol. The molecule has 0 amide bonds. The van der Waals surface area contributed by atoms with E-state index in [1.807, 2.05) is 24.0 Å². The van der Waals surface area contributed by atoms with Gasteiger partial charge in [0, 0.05) is 25.1 Å². The summed E-state index contributed by atoms with van der Waals surface area (Å²) in [5.41, 5.74) is 2.46. The minimum absolute atomic E-state index is 0.536. The molecule has 120 valence electrons. The maximum Gasteiger partial charge on any atom is 0.173 e. The van der Waals surface area contributed by atoms with E-state index in [2.05, 4.69) is 52.6 Å². The first kappa shape index (κ1) is 16.1. The van der Waals surface area contributed by atoms with E-state index >= 15 is 0 Å². The van der Waals surface area contributed by atoms with Crippen LogP contribution in [-0.2, 0) is 12.8 Å². The Labute approximate surface area is 145 Å². The summed E-state index contributed by atoms with van der Waals surface area (Å²) >= 11 is 7.68. The number of halogens is 1. The van der Waals surface area contributed by atoms with Crippen molar-refractivity contribution in [2.75, 3.05) is 0 Å². The fourth-order valence-electron chi connectivity index (χ4n) is 2.30. The highest BCUT2D eigenvalue weighted by Crippen LogP contribution is 2.25. The zero-order valence-electron chi connectivity index (χ0n) is 13.4. The number of rotatable bonds is 5. The molecule has 1 aromatic carbocycles. The molecule has 2 aromatic heterocycles. The molecule has 3 aromatic rings. The fraction of sp³-hybridized carbons (Fsp3) is 0.294. The van der Waals surface area contributed by atoms with Crippen LogP contribution >= 0.6 is 23.4 Å². The van der Waals surface area contributed by atoms with Crippen LogP contribution in [0.1, 0.15) is 31.2 Å². The molecular weight excluding hydrogens is 328 g/mol. The van der Waals surface area contributed by atoms with Crippen LogP contribution in [0.4, 0.5) is 0 Å². The second-order valence-corrected chi connectivity index (χ2v) is 7.00. The van der Waals surface area contributed by atoms with Crippen LogP contribution in [0.5, 0.6) is 0 Å². The second-order valence-electron chi connectivity index (χ2n) is 5.67. The average Bonchev–Trinajstić information content (AvgIpc) is 3.14. The molecule has 0 spiro atoms. The van der Waals surface area contributed by atoms with Gasteiger partial charge >= 0.3 is 0 Å². The zero-order chi connectivity index (χ0) is 16.4. The SMILES string of the molecule is CC(C)c1ccc(-n2ccnc2SCc2ncc(Cl)n2C)cc1. The van der Waals surface area contributed by atoms with Crippen molar-refractivity contribution in [2.24, 2.45) is 7.05 Å². The molecule has 23 heavy (non-hydrogen) atoms. The lowest BCUT2D eigenvalue weighted by Crippen LogP contribution is -1.99. The van der Waals surface area contributed by atoms with Crippen LogP contribution in [0.2, 0.25) is 5.15 Å². The highest BCUT2D eigenvalue weighted by Gasteiger charge is 2.10. The van der Waals surface area contributed by atoms with Crippen LogP contribution in [-0.4, -0.2) is 19.1 Å². The third kappa shape index (κ3) is 3.46. The van der Waals surface area contributed by atoms with Gasteiger partial charge in [-0.25, -0.2) is 9.97 Å². The van der Waals surface area contributed by atoms with Crippen LogP contribution < -0.4 is 0 Å². The predicted octanol–water partition coefficient (Wildman–Crippen LogP) is 4.67. The van der Waals surface area contributed by atoms with Gasteiger partial charge in [-0.05, 0) is 23.6 Å². The summed E-state index contributed by atoms with van der Waals surface area (Å²) in [6.07, 6.45) is 5.48. The van der Waals surface area contributed by atoms with E-state index in [4.69, 9.17) is 11.6 Å². The lowest BCUT2D eigenvalue weighted by atomic mass is 10.0. The summed E-state index contributed by atoms with van der Waals surface area (Å²) in [5, 5.41) is 1.59. The molecule has 4 nitrogen and oxygen atoms in total. The topological polar surface area (TPSA) is 35.6 Å². The first-order valence-corrected chi connectivity index (χ1v) is 8.85. The number of aromatic nitrogens is 4. The molecule has 0 aliphatic rings. The predicted molar refractivity (Wildman–Crippen MR) is 95.4 cm³/mol. The van der Waals surface area contributed by atoms with Crippen LogP contribution in [0.15, 0.2) is 48.0 Å². The summed E-state index contributed by atoms with van der Waals surface area (Å²) < 4.78 is 3.98. The summed E-state index contributed by atoms with van der Waals surface area (Å²) in [4.78, 5) is 8.78. The van der Waals surface area contributed by atoms with Gasteiger partial charge in [0.05, 0.1) is 11.9 Å². The van der Waals surface area contributed by atoms with E-state index in [0.29, 0.717) is 11.1 Å². The highest BCUT2D eigenvalue weighted by molar-refractivity contribution is 7.98. The van der Waals surface area contributed by atoms with Crippen molar-refractivity contribution in [3.05, 3.63) is 59.4 Å². The smallest absolute Gasteiger partial charge is 0.173 e. The molecule has 6 heteroatoms. The molecule has 0 bridgehead atoms. The van der Waals surface area contributed by atoms with Gasteiger partial charge in [0.25, 0.3) is 0 Å². The molecule has 0 aliphatic heterocycles. The number of thioether (sulfide) groups is 1. The van der Waals surface area contributed by atoms with Gasteiger partial charge in [-0.2, -0.15) is 0 Å². The Kier molecular flexibility index (Phi) is 4.78. The summed E-state index contributed by atoms with van der Waals surface area (Å²) in [6, 6.07) is 8.62. The van der Waals surface area contributed by atoms with Crippen molar-refractivity contribution in [3.8, 4) is 5.69 Å². The molecule has 0 saturated heterocycles. The third-order valence-electron chi connectivity index (χ3n) is 3.80. The Morgan fingerprint density at radius 3 is 2.52 bits per heavy atom. The van der Waals surface area contributed by atoms with E-state index in [1.54, 1.807) is 18.0 Å². The first-order valence-electron chi connectivity index (χ1n) is 7.49. The lowest BCUT2D eigenvalue weighted by molar-refractivity contribution is 0.842. The van der Waals surface area contributed by atoms with Gasteiger partial charge in [0.15, 0.2) is 5.16 Å². The Morgan fingerprint density at radius 1 is 1.17 bits per heavy atom. The van der Waals surface area contributed by atoms with Crippen LogP contribution in [0.25, 0.3) is 5.69 Å². The summed E-state index contributed by atoms with van der Waals surface area (Å²) in [5.74, 6) is 2.20.